The smallest absolute Gasteiger partial charge is 0.383 e. The second-order valence-corrected chi connectivity index (χ2v) is 5.49. The maximum atomic E-state index is 12.8. The zero-order valence-electron chi connectivity index (χ0n) is 9.60. The van der Waals surface area contributed by atoms with Crippen LogP contribution in [0.25, 0.3) is 0 Å². The molecule has 0 radical (unpaired) electrons. The van der Waals surface area contributed by atoms with Crippen LogP contribution in [0.2, 0.25) is 0 Å². The van der Waals surface area contributed by atoms with Crippen molar-refractivity contribution in [2.45, 2.75) is 25.1 Å². The molecule has 2 rings (SSSR count). The molecule has 1 aromatic rings. The summed E-state index contributed by atoms with van der Waals surface area (Å²) >= 11 is 3.05. The monoisotopic (exact) mass is 322 g/mol. The maximum Gasteiger partial charge on any atom is 0.418 e. The summed E-state index contributed by atoms with van der Waals surface area (Å²) in [7, 11) is 0. The fourth-order valence-electron chi connectivity index (χ4n) is 1.82. The zero-order chi connectivity index (χ0) is 13.3. The predicted octanol–water partition coefficient (Wildman–Crippen LogP) is 3.62. The molecule has 1 unspecified atom stereocenters. The van der Waals surface area contributed by atoms with E-state index in [1.54, 1.807) is 6.07 Å². The van der Waals surface area contributed by atoms with E-state index >= 15 is 0 Å². The summed E-state index contributed by atoms with van der Waals surface area (Å²) in [6, 6.07) is 4.01. The summed E-state index contributed by atoms with van der Waals surface area (Å²) in [6.45, 7) is 0.370. The van der Waals surface area contributed by atoms with Gasteiger partial charge in [-0.15, -0.1) is 0 Å². The molecule has 1 fully saturated rings. The van der Waals surface area contributed by atoms with Gasteiger partial charge in [0.25, 0.3) is 0 Å². The lowest BCUT2D eigenvalue weighted by molar-refractivity contribution is -0.137. The first kappa shape index (κ1) is 13.7. The van der Waals surface area contributed by atoms with Crippen molar-refractivity contribution in [2.24, 2.45) is 11.7 Å². The van der Waals surface area contributed by atoms with Gasteiger partial charge in [-0.05, 0) is 37.0 Å². The number of rotatable bonds is 4. The second-order valence-electron chi connectivity index (χ2n) is 4.57. The van der Waals surface area contributed by atoms with Gasteiger partial charge in [-0.1, -0.05) is 15.9 Å². The van der Waals surface area contributed by atoms with Gasteiger partial charge in [0.05, 0.1) is 5.56 Å². The Bertz CT molecular complexity index is 430. The van der Waals surface area contributed by atoms with Crippen molar-refractivity contribution in [1.29, 1.82) is 0 Å². The van der Waals surface area contributed by atoms with Crippen LogP contribution in [0.1, 0.15) is 18.4 Å². The van der Waals surface area contributed by atoms with Crippen molar-refractivity contribution >= 4 is 21.6 Å². The first-order valence-electron chi connectivity index (χ1n) is 5.74. The van der Waals surface area contributed by atoms with E-state index in [1.165, 1.54) is 6.07 Å². The van der Waals surface area contributed by atoms with Crippen molar-refractivity contribution in [3.05, 3.63) is 28.2 Å². The van der Waals surface area contributed by atoms with Crippen molar-refractivity contribution in [3.63, 3.8) is 0 Å². The fraction of sp³-hybridized carbons (Fsp3) is 0.500. The van der Waals surface area contributed by atoms with E-state index in [2.05, 4.69) is 21.2 Å². The van der Waals surface area contributed by atoms with Crippen LogP contribution < -0.4 is 11.1 Å². The van der Waals surface area contributed by atoms with Crippen molar-refractivity contribution in [1.82, 2.24) is 0 Å². The lowest BCUT2D eigenvalue weighted by Gasteiger charge is -2.17. The molecule has 2 nitrogen and oxygen atoms in total. The number of alkyl halides is 3. The quantitative estimate of drug-likeness (QED) is 0.888. The van der Waals surface area contributed by atoms with E-state index in [-0.39, 0.29) is 11.7 Å². The Kier molecular flexibility index (Phi) is 3.87. The first-order valence-corrected chi connectivity index (χ1v) is 6.53. The van der Waals surface area contributed by atoms with E-state index in [4.69, 9.17) is 5.73 Å². The predicted molar refractivity (Wildman–Crippen MR) is 68.3 cm³/mol. The number of halogens is 4. The van der Waals surface area contributed by atoms with Crippen molar-refractivity contribution in [3.8, 4) is 0 Å². The summed E-state index contributed by atoms with van der Waals surface area (Å²) in [5, 5.41) is 2.80. The molecule has 1 aliphatic carbocycles. The Morgan fingerprint density at radius 3 is 2.61 bits per heavy atom. The Labute approximate surface area is 112 Å². The van der Waals surface area contributed by atoms with E-state index < -0.39 is 11.7 Å². The highest BCUT2D eigenvalue weighted by Gasteiger charge is 2.34. The van der Waals surface area contributed by atoms with E-state index in [0.29, 0.717) is 16.9 Å². The average Bonchev–Trinajstić information content (AvgIpc) is 3.09. The number of anilines is 1. The minimum absolute atomic E-state index is 0.0743. The summed E-state index contributed by atoms with van der Waals surface area (Å²) in [5.74, 6) is 0.460. The molecule has 0 bridgehead atoms. The topological polar surface area (TPSA) is 38.0 Å². The molecule has 1 saturated carbocycles. The molecule has 18 heavy (non-hydrogen) atoms. The maximum absolute atomic E-state index is 12.8. The molecule has 0 amide bonds. The van der Waals surface area contributed by atoms with Crippen LogP contribution >= 0.6 is 15.9 Å². The van der Waals surface area contributed by atoms with Crippen LogP contribution in [-0.4, -0.2) is 12.6 Å². The molecule has 3 N–H and O–H groups in total. The normalized spacial score (nSPS) is 17.6. The second kappa shape index (κ2) is 5.09. The van der Waals surface area contributed by atoms with Crippen molar-refractivity contribution < 1.29 is 13.2 Å². The van der Waals surface area contributed by atoms with Gasteiger partial charge < -0.3 is 11.1 Å². The molecule has 100 valence electrons. The van der Waals surface area contributed by atoms with Crippen LogP contribution in [0, 0.1) is 5.92 Å². The lowest BCUT2D eigenvalue weighted by Crippen LogP contribution is -2.31. The van der Waals surface area contributed by atoms with Gasteiger partial charge in [0.2, 0.25) is 0 Å². The molecule has 0 heterocycles. The number of nitrogens with one attached hydrogen (secondary N) is 1. The Hall–Kier alpha value is -0.750. The molecule has 0 aromatic heterocycles. The molecule has 6 heteroatoms. The highest BCUT2D eigenvalue weighted by atomic mass is 79.9. The first-order chi connectivity index (χ1) is 8.38. The van der Waals surface area contributed by atoms with Gasteiger partial charge in [-0.3, -0.25) is 0 Å². The Morgan fingerprint density at radius 2 is 2.06 bits per heavy atom. The van der Waals surface area contributed by atoms with Crippen LogP contribution in [0.5, 0.6) is 0 Å². The highest BCUT2D eigenvalue weighted by Crippen LogP contribution is 2.37. The Morgan fingerprint density at radius 1 is 1.39 bits per heavy atom. The average molecular weight is 323 g/mol. The zero-order valence-corrected chi connectivity index (χ0v) is 11.2. The lowest BCUT2D eigenvalue weighted by atomic mass is 10.1. The van der Waals surface area contributed by atoms with E-state index in [1.807, 2.05) is 0 Å². The molecule has 0 aliphatic heterocycles. The number of nitrogens with two attached hydrogens (primary N) is 1. The summed E-state index contributed by atoms with van der Waals surface area (Å²) in [5.41, 5.74) is 5.28. The van der Waals surface area contributed by atoms with Crippen LogP contribution in [0.15, 0.2) is 22.7 Å². The third-order valence-corrected chi connectivity index (χ3v) is 3.54. The van der Waals surface area contributed by atoms with Crippen LogP contribution in [0.3, 0.4) is 0 Å². The fourth-order valence-corrected chi connectivity index (χ4v) is 2.19. The summed E-state index contributed by atoms with van der Waals surface area (Å²) < 4.78 is 38.9. The van der Waals surface area contributed by atoms with Gasteiger partial charge >= 0.3 is 6.18 Å². The van der Waals surface area contributed by atoms with Crippen LogP contribution in [0.4, 0.5) is 18.9 Å². The minimum atomic E-state index is -4.37. The Balaban J connectivity index is 2.11. The molecule has 1 aliphatic rings. The van der Waals surface area contributed by atoms with Gasteiger partial charge in [0, 0.05) is 22.7 Å². The van der Waals surface area contributed by atoms with E-state index in [0.717, 1.165) is 18.9 Å². The molecule has 1 atom stereocenters. The van der Waals surface area contributed by atoms with Gasteiger partial charge in [-0.2, -0.15) is 13.2 Å². The van der Waals surface area contributed by atoms with Gasteiger partial charge in [-0.25, -0.2) is 0 Å². The molecule has 0 spiro atoms. The van der Waals surface area contributed by atoms with Crippen molar-refractivity contribution in [2.75, 3.05) is 11.9 Å². The van der Waals surface area contributed by atoms with E-state index in [9.17, 15) is 13.2 Å². The molecule has 0 saturated heterocycles. The standard InChI is InChI=1S/C12H14BrF3N2/c13-8-3-4-11(9(5-8)12(14,15)16)18-6-10(17)7-1-2-7/h3-5,7,10,18H,1-2,6,17H2. The third kappa shape index (κ3) is 3.38. The highest BCUT2D eigenvalue weighted by molar-refractivity contribution is 9.10. The largest absolute Gasteiger partial charge is 0.418 e. The minimum Gasteiger partial charge on any atom is -0.383 e. The number of benzene rings is 1. The van der Waals surface area contributed by atoms with Gasteiger partial charge in [0.1, 0.15) is 0 Å². The molecular weight excluding hydrogens is 309 g/mol. The molecule has 1 aromatic carbocycles. The summed E-state index contributed by atoms with van der Waals surface area (Å²) in [6.07, 6.45) is -2.21. The van der Waals surface area contributed by atoms with Crippen LogP contribution in [-0.2, 0) is 6.18 Å². The third-order valence-electron chi connectivity index (χ3n) is 3.04. The SMILES string of the molecule is NC(CNc1ccc(Br)cc1C(F)(F)F)C1CC1. The number of hydrogen-bond donors (Lipinski definition) is 2. The van der Waals surface area contributed by atoms with Gasteiger partial charge in [0.15, 0.2) is 0 Å². The summed E-state index contributed by atoms with van der Waals surface area (Å²) in [4.78, 5) is 0. The number of hydrogen-bond acceptors (Lipinski definition) is 2. The molecular formula is C12H14BrF3N2.